The lowest BCUT2D eigenvalue weighted by Crippen LogP contribution is -2.50. The van der Waals surface area contributed by atoms with E-state index < -0.39 is 21.1 Å². The summed E-state index contributed by atoms with van der Waals surface area (Å²) in [5.74, 6) is 0.190. The van der Waals surface area contributed by atoms with Crippen LogP contribution in [0.3, 0.4) is 0 Å². The Labute approximate surface area is 204 Å². The summed E-state index contributed by atoms with van der Waals surface area (Å²) in [6.45, 7) is 9.90. The van der Waals surface area contributed by atoms with Gasteiger partial charge in [0.2, 0.25) is 21.9 Å². The molecule has 34 heavy (non-hydrogen) atoms. The van der Waals surface area contributed by atoms with Crippen molar-refractivity contribution in [2.45, 2.75) is 18.0 Å². The van der Waals surface area contributed by atoms with Gasteiger partial charge in [0.25, 0.3) is 5.89 Å². The molecule has 0 aliphatic carbocycles. The predicted octanol–water partition coefficient (Wildman–Crippen LogP) is 3.07. The van der Waals surface area contributed by atoms with E-state index in [4.69, 9.17) is 33.1 Å². The number of nitrogens with zero attached hydrogens (tertiary/aromatic N) is 5. The molecule has 1 atom stereocenters. The van der Waals surface area contributed by atoms with Gasteiger partial charge in [-0.2, -0.15) is 0 Å². The molecule has 2 aliphatic heterocycles. The molecule has 0 amide bonds. The number of guanidine groups is 1. The molecule has 1 fully saturated rings. The first-order valence-electron chi connectivity index (χ1n) is 10.1. The maximum Gasteiger partial charge on any atom is 0.303 e. The number of hydrogen-bond donors (Lipinski definition) is 1. The van der Waals surface area contributed by atoms with Crippen LogP contribution < -0.4 is 5.73 Å². The molecule has 1 saturated heterocycles. The van der Waals surface area contributed by atoms with Gasteiger partial charge in [0.05, 0.1) is 20.5 Å². The quantitative estimate of drug-likeness (QED) is 0.525. The second kappa shape index (κ2) is 7.78. The first-order chi connectivity index (χ1) is 16.1. The number of thiophene rings is 1. The number of hydrogen-bond acceptors (Lipinski definition) is 9. The predicted molar refractivity (Wildman–Crippen MR) is 128 cm³/mol. The number of aromatic nitrogens is 2. The molecule has 4 heterocycles. The summed E-state index contributed by atoms with van der Waals surface area (Å²) in [6, 6.07) is 9.03. The Bertz CT molecular complexity index is 1450. The minimum atomic E-state index is -3.64. The zero-order chi connectivity index (χ0) is 24.3. The van der Waals surface area contributed by atoms with E-state index in [1.807, 2.05) is 24.3 Å². The van der Waals surface area contributed by atoms with Crippen LogP contribution >= 0.6 is 22.9 Å². The van der Waals surface area contributed by atoms with Crippen LogP contribution in [-0.2, 0) is 25.8 Å². The van der Waals surface area contributed by atoms with Gasteiger partial charge < -0.3 is 19.7 Å². The van der Waals surface area contributed by atoms with E-state index in [-0.39, 0.29) is 17.6 Å². The number of aliphatic imine (C=N–C) groups is 1. The zero-order valence-electron chi connectivity index (χ0n) is 18.1. The first kappa shape index (κ1) is 22.8. The fourth-order valence-electron chi connectivity index (χ4n) is 3.86. The van der Waals surface area contributed by atoms with Crippen LogP contribution in [0, 0.1) is 6.57 Å². The highest BCUT2D eigenvalue weighted by atomic mass is 35.5. The molecule has 0 radical (unpaired) electrons. The Morgan fingerprint density at radius 1 is 1.24 bits per heavy atom. The maximum atomic E-state index is 12.5. The van der Waals surface area contributed by atoms with Crippen LogP contribution in [0.5, 0.6) is 0 Å². The highest BCUT2D eigenvalue weighted by Gasteiger charge is 2.47. The third kappa shape index (κ3) is 3.56. The molecule has 176 valence electrons. The van der Waals surface area contributed by atoms with Crippen molar-refractivity contribution in [2.24, 2.45) is 10.7 Å². The van der Waals surface area contributed by atoms with E-state index in [9.17, 15) is 8.42 Å². The molecule has 10 nitrogen and oxygen atoms in total. The monoisotopic (exact) mass is 518 g/mol. The molecular weight excluding hydrogens is 500 g/mol. The van der Waals surface area contributed by atoms with Gasteiger partial charge in [-0.15, -0.1) is 21.5 Å². The van der Waals surface area contributed by atoms with Gasteiger partial charge in [0.1, 0.15) is 18.8 Å². The molecule has 2 aliphatic rings. The molecule has 2 N–H and O–H groups in total. The lowest BCUT2D eigenvalue weighted by molar-refractivity contribution is -0.0353. The third-order valence-electron chi connectivity index (χ3n) is 5.94. The van der Waals surface area contributed by atoms with Crippen LogP contribution in [0.2, 0.25) is 5.02 Å². The number of sulfonamides is 1. The molecule has 0 bridgehead atoms. The van der Waals surface area contributed by atoms with Gasteiger partial charge >= 0.3 is 5.54 Å². The smallest absolute Gasteiger partial charge is 0.303 e. The topological polar surface area (TPSA) is 128 Å². The van der Waals surface area contributed by atoms with Crippen molar-refractivity contribution in [3.8, 4) is 22.2 Å². The molecular formula is C21H19ClN6O4S2. The van der Waals surface area contributed by atoms with E-state index in [2.05, 4.69) is 20.0 Å². The SMILES string of the molecule is [C-]#[N+]C1(c2ccc(-c3nnc(-c4cc(Cl)c([C@]5(C)CS(=O)(=O)N(C)C(N)=N5)s4)o3)cc2)COC1. The van der Waals surface area contributed by atoms with Crippen LogP contribution in [-0.4, -0.2) is 54.9 Å². The van der Waals surface area contributed by atoms with Crippen LogP contribution in [0.15, 0.2) is 39.7 Å². The molecule has 0 spiro atoms. The number of halogens is 1. The van der Waals surface area contributed by atoms with E-state index in [0.29, 0.717) is 39.4 Å². The summed E-state index contributed by atoms with van der Waals surface area (Å²) in [4.78, 5) is 9.24. The second-order valence-corrected chi connectivity index (χ2v) is 11.8. The van der Waals surface area contributed by atoms with Crippen molar-refractivity contribution in [3.63, 3.8) is 0 Å². The van der Waals surface area contributed by atoms with Gasteiger partial charge in [0.15, 0.2) is 0 Å². The Morgan fingerprint density at radius 2 is 1.91 bits per heavy atom. The molecule has 2 aromatic heterocycles. The zero-order valence-corrected chi connectivity index (χ0v) is 20.5. The molecule has 5 rings (SSSR count). The second-order valence-electron chi connectivity index (χ2n) is 8.38. The summed E-state index contributed by atoms with van der Waals surface area (Å²) in [5, 5.41) is 8.61. The molecule has 13 heteroatoms. The summed E-state index contributed by atoms with van der Waals surface area (Å²) >= 11 is 7.71. The largest absolute Gasteiger partial charge is 0.415 e. The lowest BCUT2D eigenvalue weighted by Gasteiger charge is -2.33. The highest BCUT2D eigenvalue weighted by molar-refractivity contribution is 7.89. The molecule has 3 aromatic rings. The number of ether oxygens (including phenoxy) is 1. The Kier molecular flexibility index (Phi) is 5.21. The van der Waals surface area contributed by atoms with Crippen molar-refractivity contribution >= 4 is 38.9 Å². The summed E-state index contributed by atoms with van der Waals surface area (Å²) in [7, 11) is -2.27. The van der Waals surface area contributed by atoms with Gasteiger partial charge in [0, 0.05) is 18.2 Å². The number of nitrogens with two attached hydrogens (primary N) is 1. The lowest BCUT2D eigenvalue weighted by atomic mass is 9.88. The van der Waals surface area contributed by atoms with Crippen molar-refractivity contribution in [1.82, 2.24) is 14.5 Å². The molecule has 0 unspecified atom stereocenters. The fraction of sp³-hybridized carbons (Fsp3) is 0.333. The summed E-state index contributed by atoms with van der Waals surface area (Å²) < 4.78 is 37.1. The molecule has 0 saturated carbocycles. The van der Waals surface area contributed by atoms with Crippen molar-refractivity contribution in [2.75, 3.05) is 26.0 Å². The van der Waals surface area contributed by atoms with Crippen molar-refractivity contribution in [3.05, 3.63) is 57.2 Å². The van der Waals surface area contributed by atoms with E-state index in [1.54, 1.807) is 13.0 Å². The van der Waals surface area contributed by atoms with Gasteiger partial charge in [-0.1, -0.05) is 11.6 Å². The van der Waals surface area contributed by atoms with Crippen LogP contribution in [0.25, 0.3) is 27.1 Å². The minimum Gasteiger partial charge on any atom is -0.415 e. The number of benzene rings is 1. The average Bonchev–Trinajstić information content (AvgIpc) is 3.39. The van der Waals surface area contributed by atoms with Gasteiger partial charge in [-0.05, 0) is 37.3 Å². The Morgan fingerprint density at radius 3 is 2.50 bits per heavy atom. The normalized spacial score (nSPS) is 23.1. The van der Waals surface area contributed by atoms with E-state index >= 15 is 0 Å². The van der Waals surface area contributed by atoms with E-state index in [1.165, 1.54) is 18.4 Å². The summed E-state index contributed by atoms with van der Waals surface area (Å²) in [5.41, 5.74) is 5.68. The first-order valence-corrected chi connectivity index (χ1v) is 12.9. The fourth-order valence-corrected chi connectivity index (χ4v) is 6.95. The Hall–Kier alpha value is -2.98. The van der Waals surface area contributed by atoms with Crippen LogP contribution in [0.1, 0.15) is 17.4 Å². The van der Waals surface area contributed by atoms with Crippen molar-refractivity contribution in [1.29, 1.82) is 0 Å². The maximum absolute atomic E-state index is 12.5. The van der Waals surface area contributed by atoms with Crippen molar-refractivity contribution < 1.29 is 17.6 Å². The number of rotatable bonds is 4. The van der Waals surface area contributed by atoms with Gasteiger partial charge in [-0.25, -0.2) is 24.3 Å². The highest BCUT2D eigenvalue weighted by Crippen LogP contribution is 2.44. The van der Waals surface area contributed by atoms with Crippen LogP contribution in [0.4, 0.5) is 0 Å². The minimum absolute atomic E-state index is 0.100. The Balaban J connectivity index is 1.44. The molecule has 1 aromatic carbocycles. The standard InChI is InChI=1S/C21H19ClN6O4S2/c1-20(11-34(29,30)28(3)19(23)25-20)16-14(22)8-15(33-16)18-27-26-17(32-18)12-4-6-13(7-5-12)21(24-2)9-31-10-21/h4-8H,9-11H2,1,3H3,(H2,23,25)/t20-/m0/s1. The third-order valence-corrected chi connectivity index (χ3v) is 9.68. The van der Waals surface area contributed by atoms with E-state index in [0.717, 1.165) is 9.87 Å². The average molecular weight is 519 g/mol. The summed E-state index contributed by atoms with van der Waals surface area (Å²) in [6.07, 6.45) is 0. The van der Waals surface area contributed by atoms with Gasteiger partial charge in [-0.3, -0.25) is 0 Å².